The van der Waals surface area contributed by atoms with E-state index >= 15 is 0 Å². The number of nitrogens with one attached hydrogen (secondary N) is 1. The SMILES string of the molecule is CC[C@H](C)n1nccc1NC(=O)[C@H](C)OC(=O)c1oc2ccccc2c1C. The van der Waals surface area contributed by atoms with E-state index in [1.54, 1.807) is 29.9 Å². The standard InChI is InChI=1S/C20H23N3O4/c1-5-12(2)23-17(10-11-21-23)22-19(24)14(4)26-20(25)18-13(3)15-8-6-7-9-16(15)27-18/h6-12,14H,5H2,1-4H3,(H,22,24)/t12-,14-/m0/s1. The first kappa shape index (κ1) is 18.7. The lowest BCUT2D eigenvalue weighted by atomic mass is 10.1. The van der Waals surface area contributed by atoms with Crippen LogP contribution in [0.4, 0.5) is 5.82 Å². The monoisotopic (exact) mass is 369 g/mol. The number of fused-ring (bicyclic) bond motifs is 1. The molecule has 0 radical (unpaired) electrons. The molecular formula is C20H23N3O4. The lowest BCUT2D eigenvalue weighted by molar-refractivity contribution is -0.123. The minimum Gasteiger partial charge on any atom is -0.449 e. The van der Waals surface area contributed by atoms with Crippen molar-refractivity contribution in [2.75, 3.05) is 5.32 Å². The van der Waals surface area contributed by atoms with Gasteiger partial charge in [-0.3, -0.25) is 4.79 Å². The number of ether oxygens (including phenoxy) is 1. The van der Waals surface area contributed by atoms with Gasteiger partial charge < -0.3 is 14.5 Å². The molecule has 27 heavy (non-hydrogen) atoms. The predicted molar refractivity (Wildman–Crippen MR) is 102 cm³/mol. The zero-order valence-electron chi connectivity index (χ0n) is 15.9. The van der Waals surface area contributed by atoms with Crippen molar-refractivity contribution in [1.29, 1.82) is 0 Å². The molecule has 1 amide bonds. The van der Waals surface area contributed by atoms with Crippen LogP contribution in [-0.2, 0) is 9.53 Å². The van der Waals surface area contributed by atoms with Crippen LogP contribution in [0.15, 0.2) is 40.9 Å². The fraction of sp³-hybridized carbons (Fsp3) is 0.350. The quantitative estimate of drug-likeness (QED) is 0.661. The Morgan fingerprint density at radius 2 is 2.00 bits per heavy atom. The highest BCUT2D eigenvalue weighted by Gasteiger charge is 2.25. The Morgan fingerprint density at radius 1 is 1.26 bits per heavy atom. The molecule has 2 atom stereocenters. The predicted octanol–water partition coefficient (Wildman–Crippen LogP) is 4.09. The van der Waals surface area contributed by atoms with Crippen LogP contribution in [0.2, 0.25) is 0 Å². The van der Waals surface area contributed by atoms with Gasteiger partial charge in [0.05, 0.1) is 12.2 Å². The number of hydrogen-bond acceptors (Lipinski definition) is 5. The Hall–Kier alpha value is -3.09. The van der Waals surface area contributed by atoms with Gasteiger partial charge in [-0.25, -0.2) is 9.48 Å². The molecule has 0 unspecified atom stereocenters. The summed E-state index contributed by atoms with van der Waals surface area (Å²) in [6.07, 6.45) is 1.52. The largest absolute Gasteiger partial charge is 0.449 e. The average molecular weight is 369 g/mol. The van der Waals surface area contributed by atoms with Crippen molar-refractivity contribution in [3.05, 3.63) is 47.9 Å². The number of amides is 1. The molecule has 0 saturated heterocycles. The molecule has 1 N–H and O–H groups in total. The second-order valence-electron chi connectivity index (χ2n) is 6.51. The third kappa shape index (κ3) is 3.72. The van der Waals surface area contributed by atoms with Crippen molar-refractivity contribution in [3.8, 4) is 0 Å². The third-order valence-corrected chi connectivity index (χ3v) is 4.61. The first-order valence-corrected chi connectivity index (χ1v) is 8.95. The molecule has 0 saturated carbocycles. The van der Waals surface area contributed by atoms with Crippen LogP contribution < -0.4 is 5.32 Å². The van der Waals surface area contributed by atoms with E-state index in [0.29, 0.717) is 17.0 Å². The highest BCUT2D eigenvalue weighted by molar-refractivity contribution is 5.99. The van der Waals surface area contributed by atoms with Crippen molar-refractivity contribution in [2.24, 2.45) is 0 Å². The summed E-state index contributed by atoms with van der Waals surface area (Å²) in [4.78, 5) is 24.9. The van der Waals surface area contributed by atoms with Crippen LogP contribution in [0, 0.1) is 6.92 Å². The van der Waals surface area contributed by atoms with Crippen molar-refractivity contribution in [2.45, 2.75) is 46.3 Å². The van der Waals surface area contributed by atoms with Crippen molar-refractivity contribution >= 4 is 28.7 Å². The summed E-state index contributed by atoms with van der Waals surface area (Å²) in [6.45, 7) is 7.36. The summed E-state index contributed by atoms with van der Waals surface area (Å²) >= 11 is 0. The van der Waals surface area contributed by atoms with Crippen LogP contribution in [0.25, 0.3) is 11.0 Å². The topological polar surface area (TPSA) is 86.4 Å². The molecule has 3 aromatic rings. The van der Waals surface area contributed by atoms with Crippen molar-refractivity contribution < 1.29 is 18.7 Å². The van der Waals surface area contributed by atoms with E-state index in [1.807, 2.05) is 32.0 Å². The Kier molecular flexibility index (Phi) is 5.30. The van der Waals surface area contributed by atoms with Gasteiger partial charge in [0.2, 0.25) is 5.76 Å². The lowest BCUT2D eigenvalue weighted by Crippen LogP contribution is -2.31. The number of para-hydroxylation sites is 1. The normalized spacial score (nSPS) is 13.3. The fourth-order valence-electron chi connectivity index (χ4n) is 2.80. The van der Waals surface area contributed by atoms with Crippen LogP contribution in [-0.4, -0.2) is 27.8 Å². The van der Waals surface area contributed by atoms with Crippen LogP contribution in [0.3, 0.4) is 0 Å². The maximum Gasteiger partial charge on any atom is 0.375 e. The van der Waals surface area contributed by atoms with Crippen molar-refractivity contribution in [1.82, 2.24) is 9.78 Å². The summed E-state index contributed by atoms with van der Waals surface area (Å²) < 4.78 is 12.6. The number of rotatable bonds is 6. The minimum absolute atomic E-state index is 0.112. The third-order valence-electron chi connectivity index (χ3n) is 4.61. The van der Waals surface area contributed by atoms with Crippen molar-refractivity contribution in [3.63, 3.8) is 0 Å². The highest BCUT2D eigenvalue weighted by atomic mass is 16.6. The maximum atomic E-state index is 12.5. The molecule has 3 rings (SSSR count). The minimum atomic E-state index is -0.981. The Morgan fingerprint density at radius 3 is 2.70 bits per heavy atom. The summed E-state index contributed by atoms with van der Waals surface area (Å²) in [5.74, 6) is -0.415. The number of carbonyl (C=O) groups excluding carboxylic acids is 2. The Bertz CT molecular complexity index is 973. The molecule has 7 heteroatoms. The van der Waals surface area contributed by atoms with E-state index in [-0.39, 0.29) is 11.8 Å². The second-order valence-corrected chi connectivity index (χ2v) is 6.51. The molecule has 0 aliphatic heterocycles. The van der Waals surface area contributed by atoms with E-state index < -0.39 is 18.0 Å². The molecular weight excluding hydrogens is 346 g/mol. The Labute approximate surface area is 157 Å². The van der Waals surface area contributed by atoms with Gasteiger partial charge in [0.1, 0.15) is 11.4 Å². The van der Waals surface area contributed by atoms with Gasteiger partial charge in [-0.05, 0) is 33.3 Å². The number of hydrogen-bond donors (Lipinski definition) is 1. The van der Waals surface area contributed by atoms with E-state index in [1.165, 1.54) is 6.92 Å². The number of esters is 1. The molecule has 2 aromatic heterocycles. The number of furan rings is 1. The first-order chi connectivity index (χ1) is 12.9. The number of aryl methyl sites for hydroxylation is 1. The second kappa shape index (κ2) is 7.65. The molecule has 0 aliphatic carbocycles. The zero-order valence-corrected chi connectivity index (χ0v) is 15.9. The molecule has 0 bridgehead atoms. The molecule has 1 aromatic carbocycles. The van der Waals surface area contributed by atoms with E-state index in [9.17, 15) is 9.59 Å². The lowest BCUT2D eigenvalue weighted by Gasteiger charge is -2.16. The molecule has 142 valence electrons. The van der Waals surface area contributed by atoms with Gasteiger partial charge in [-0.1, -0.05) is 25.1 Å². The molecule has 7 nitrogen and oxygen atoms in total. The fourth-order valence-corrected chi connectivity index (χ4v) is 2.80. The number of benzene rings is 1. The summed E-state index contributed by atoms with van der Waals surface area (Å²) in [7, 11) is 0. The smallest absolute Gasteiger partial charge is 0.375 e. The van der Waals surface area contributed by atoms with E-state index in [2.05, 4.69) is 10.4 Å². The first-order valence-electron chi connectivity index (χ1n) is 8.95. The van der Waals surface area contributed by atoms with Crippen LogP contribution >= 0.6 is 0 Å². The number of carbonyl (C=O) groups is 2. The summed E-state index contributed by atoms with van der Waals surface area (Å²) in [6, 6.07) is 9.21. The van der Waals surface area contributed by atoms with Gasteiger partial charge in [0.15, 0.2) is 6.10 Å². The van der Waals surface area contributed by atoms with Crippen LogP contribution in [0.5, 0.6) is 0 Å². The molecule has 2 heterocycles. The number of anilines is 1. The van der Waals surface area contributed by atoms with Gasteiger partial charge >= 0.3 is 5.97 Å². The van der Waals surface area contributed by atoms with Gasteiger partial charge in [0.25, 0.3) is 5.91 Å². The molecule has 0 aliphatic rings. The Balaban J connectivity index is 1.70. The average Bonchev–Trinajstić information content (AvgIpc) is 3.26. The molecule has 0 fully saturated rings. The van der Waals surface area contributed by atoms with E-state index in [4.69, 9.17) is 9.15 Å². The highest BCUT2D eigenvalue weighted by Crippen LogP contribution is 2.26. The zero-order chi connectivity index (χ0) is 19.6. The molecule has 0 spiro atoms. The number of nitrogens with zero attached hydrogens (tertiary/aromatic N) is 2. The van der Waals surface area contributed by atoms with Gasteiger partial charge in [0, 0.05) is 17.0 Å². The van der Waals surface area contributed by atoms with Gasteiger partial charge in [-0.2, -0.15) is 5.10 Å². The summed E-state index contributed by atoms with van der Waals surface area (Å²) in [5.41, 5.74) is 1.30. The summed E-state index contributed by atoms with van der Waals surface area (Å²) in [5, 5.41) is 7.83. The maximum absolute atomic E-state index is 12.5. The number of aromatic nitrogens is 2. The van der Waals surface area contributed by atoms with Gasteiger partial charge in [-0.15, -0.1) is 0 Å². The van der Waals surface area contributed by atoms with Crippen LogP contribution in [0.1, 0.15) is 49.4 Å². The van der Waals surface area contributed by atoms with E-state index in [0.717, 1.165) is 11.8 Å².